The Labute approximate surface area is 361 Å². The highest BCUT2D eigenvalue weighted by atomic mass is 15.1. The smallest absolute Gasteiger partial charge is 0.138 e. The first-order valence-electron chi connectivity index (χ1n) is 21.2. The summed E-state index contributed by atoms with van der Waals surface area (Å²) in [7, 11) is 0. The van der Waals surface area contributed by atoms with Crippen LogP contribution < -0.4 is 0 Å². The van der Waals surface area contributed by atoms with E-state index < -0.39 is 0 Å². The molecule has 0 aliphatic carbocycles. The zero-order valence-electron chi connectivity index (χ0n) is 33.8. The molecule has 0 bridgehead atoms. The molecule has 0 atom stereocenters. The number of aromatic nitrogens is 7. The van der Waals surface area contributed by atoms with Crippen LogP contribution >= 0.6 is 0 Å². The van der Waals surface area contributed by atoms with Crippen molar-refractivity contribution in [2.75, 3.05) is 0 Å². The van der Waals surface area contributed by atoms with Gasteiger partial charge in [-0.2, -0.15) is 0 Å². The van der Waals surface area contributed by atoms with Gasteiger partial charge in [0.25, 0.3) is 0 Å². The Morgan fingerprint density at radius 3 is 0.921 bits per heavy atom. The highest BCUT2D eigenvalue weighted by Crippen LogP contribution is 2.37. The fraction of sp³-hybridized carbons (Fsp3) is 0. The molecule has 0 aliphatic heterocycles. The number of hydrogen-bond acceptors (Lipinski definition) is 4. The quantitative estimate of drug-likeness (QED) is 0.168. The monoisotopic (exact) mass is 805 g/mol. The first kappa shape index (κ1) is 35.1. The molecule has 7 heterocycles. The molecule has 294 valence electrons. The SMILES string of the molecule is c1cc(-c2cccc(-c3cccc(-n4c5ccccc5c5cc(-n6c7ccccc7c7ccccc76)ccc54)n3)n2)nc(-c2cccc(-n3c4ccccc4c4ccccc43)n2)c1. The van der Waals surface area contributed by atoms with Gasteiger partial charge in [0.05, 0.1) is 67.3 Å². The Morgan fingerprint density at radius 1 is 0.222 bits per heavy atom. The van der Waals surface area contributed by atoms with Gasteiger partial charge in [0.15, 0.2) is 0 Å². The molecule has 13 rings (SSSR count). The van der Waals surface area contributed by atoms with Gasteiger partial charge < -0.3 is 4.57 Å². The van der Waals surface area contributed by atoms with E-state index in [1.165, 1.54) is 43.4 Å². The van der Waals surface area contributed by atoms with Gasteiger partial charge in [-0.25, -0.2) is 19.9 Å². The highest BCUT2D eigenvalue weighted by Gasteiger charge is 2.18. The van der Waals surface area contributed by atoms with Crippen molar-refractivity contribution in [3.63, 3.8) is 0 Å². The number of fused-ring (bicyclic) bond motifs is 9. The molecular formula is C56H35N7. The van der Waals surface area contributed by atoms with Crippen LogP contribution in [0, 0.1) is 0 Å². The Kier molecular flexibility index (Phi) is 7.77. The van der Waals surface area contributed by atoms with Gasteiger partial charge in [-0.15, -0.1) is 0 Å². The molecule has 0 saturated heterocycles. The van der Waals surface area contributed by atoms with E-state index in [-0.39, 0.29) is 0 Å². The molecule has 0 unspecified atom stereocenters. The van der Waals surface area contributed by atoms with Gasteiger partial charge in [-0.3, -0.25) is 9.13 Å². The van der Waals surface area contributed by atoms with E-state index in [2.05, 4.69) is 177 Å². The summed E-state index contributed by atoms with van der Waals surface area (Å²) in [4.78, 5) is 20.7. The molecule has 6 aromatic carbocycles. The molecule has 7 aromatic heterocycles. The van der Waals surface area contributed by atoms with E-state index >= 15 is 0 Å². The number of nitrogens with zero attached hydrogens (tertiary/aromatic N) is 7. The lowest BCUT2D eigenvalue weighted by atomic mass is 10.1. The van der Waals surface area contributed by atoms with Crippen molar-refractivity contribution >= 4 is 65.4 Å². The normalized spacial score (nSPS) is 11.8. The van der Waals surface area contributed by atoms with Crippen molar-refractivity contribution in [3.8, 4) is 51.5 Å². The summed E-state index contributed by atoms with van der Waals surface area (Å²) >= 11 is 0. The molecule has 0 amide bonds. The van der Waals surface area contributed by atoms with Crippen LogP contribution in [0.3, 0.4) is 0 Å². The summed E-state index contributed by atoms with van der Waals surface area (Å²) in [5.74, 6) is 1.67. The third-order valence-corrected chi connectivity index (χ3v) is 12.3. The van der Waals surface area contributed by atoms with Gasteiger partial charge in [0.1, 0.15) is 11.6 Å². The molecule has 0 spiro atoms. The van der Waals surface area contributed by atoms with E-state index in [0.29, 0.717) is 0 Å². The van der Waals surface area contributed by atoms with Crippen LogP contribution in [0.25, 0.3) is 117 Å². The predicted octanol–water partition coefficient (Wildman–Crippen LogP) is 13.6. The molecular weight excluding hydrogens is 771 g/mol. The van der Waals surface area contributed by atoms with Gasteiger partial charge in [0.2, 0.25) is 0 Å². The summed E-state index contributed by atoms with van der Waals surface area (Å²) in [6.45, 7) is 0. The fourth-order valence-electron chi connectivity index (χ4n) is 9.54. The maximum atomic E-state index is 5.28. The average molecular weight is 806 g/mol. The first-order valence-corrected chi connectivity index (χ1v) is 21.2. The van der Waals surface area contributed by atoms with E-state index in [4.69, 9.17) is 19.9 Å². The lowest BCUT2D eigenvalue weighted by molar-refractivity contribution is 1.07. The van der Waals surface area contributed by atoms with Crippen LogP contribution in [0.15, 0.2) is 212 Å². The Balaban J connectivity index is 0.870. The molecule has 0 saturated carbocycles. The molecule has 63 heavy (non-hydrogen) atoms. The van der Waals surface area contributed by atoms with Crippen LogP contribution in [-0.2, 0) is 0 Å². The Hall–Kier alpha value is -8.68. The van der Waals surface area contributed by atoms with Crippen molar-refractivity contribution in [1.29, 1.82) is 0 Å². The Bertz CT molecular complexity index is 3840. The lowest BCUT2D eigenvalue weighted by Crippen LogP contribution is -2.00. The summed E-state index contributed by atoms with van der Waals surface area (Å²) in [6, 6.07) is 74.0. The van der Waals surface area contributed by atoms with Crippen LogP contribution in [0.4, 0.5) is 0 Å². The average Bonchev–Trinajstić information content (AvgIpc) is 4.00. The Morgan fingerprint density at radius 2 is 0.524 bits per heavy atom. The third kappa shape index (κ3) is 5.53. The van der Waals surface area contributed by atoms with Crippen LogP contribution in [0.2, 0.25) is 0 Å². The van der Waals surface area contributed by atoms with Crippen molar-refractivity contribution in [2.45, 2.75) is 0 Å². The maximum absolute atomic E-state index is 5.28. The van der Waals surface area contributed by atoms with Gasteiger partial charge in [-0.05, 0) is 97.1 Å². The molecule has 7 nitrogen and oxygen atoms in total. The number of benzene rings is 6. The molecule has 0 N–H and O–H groups in total. The minimum atomic E-state index is 0.759. The summed E-state index contributed by atoms with van der Waals surface area (Å²) in [5, 5.41) is 7.23. The topological polar surface area (TPSA) is 66.3 Å². The highest BCUT2D eigenvalue weighted by molar-refractivity contribution is 6.12. The molecule has 13 aromatic rings. The second-order valence-electron chi connectivity index (χ2n) is 15.9. The van der Waals surface area contributed by atoms with Crippen LogP contribution in [0.1, 0.15) is 0 Å². The zero-order valence-corrected chi connectivity index (χ0v) is 33.8. The lowest BCUT2D eigenvalue weighted by Gasteiger charge is -2.11. The third-order valence-electron chi connectivity index (χ3n) is 12.3. The zero-order chi connectivity index (χ0) is 41.4. The summed E-state index contributed by atoms with van der Waals surface area (Å²) < 4.78 is 6.87. The molecule has 0 aliphatic rings. The van der Waals surface area contributed by atoms with Gasteiger partial charge in [-0.1, -0.05) is 115 Å². The fourth-order valence-corrected chi connectivity index (χ4v) is 9.54. The largest absolute Gasteiger partial charge is 0.309 e. The molecule has 7 heteroatoms. The van der Waals surface area contributed by atoms with Crippen molar-refractivity contribution < 1.29 is 0 Å². The van der Waals surface area contributed by atoms with Crippen molar-refractivity contribution in [2.24, 2.45) is 0 Å². The second kappa shape index (κ2) is 13.9. The minimum absolute atomic E-state index is 0.759. The van der Waals surface area contributed by atoms with E-state index in [0.717, 1.165) is 73.6 Å². The van der Waals surface area contributed by atoms with Gasteiger partial charge in [0, 0.05) is 38.0 Å². The molecule has 0 radical (unpaired) electrons. The van der Waals surface area contributed by atoms with Gasteiger partial charge >= 0.3 is 0 Å². The maximum Gasteiger partial charge on any atom is 0.138 e. The second-order valence-corrected chi connectivity index (χ2v) is 15.9. The minimum Gasteiger partial charge on any atom is -0.309 e. The number of pyridine rings is 4. The van der Waals surface area contributed by atoms with Crippen LogP contribution in [0.5, 0.6) is 0 Å². The summed E-state index contributed by atoms with van der Waals surface area (Å²) in [5.41, 5.74) is 12.5. The standard InChI is InChI=1S/C56H35N7/c1-6-26-49-37(15-1)38-16-2-7-27-50(38)61(49)36-33-34-54-42(35-36)41-19-5-10-30-53(41)63(54)56-32-14-25-48(60-56)46-23-12-21-44(58-46)43-20-11-22-45(57-43)47-24-13-31-55(59-47)62-51-28-8-3-17-39(51)40-18-4-9-29-52(40)62/h1-35H. The number of rotatable bonds is 6. The summed E-state index contributed by atoms with van der Waals surface area (Å²) in [6.07, 6.45) is 0. The van der Waals surface area contributed by atoms with Crippen LogP contribution in [-0.4, -0.2) is 33.6 Å². The molecule has 0 fully saturated rings. The van der Waals surface area contributed by atoms with E-state index in [1.807, 2.05) is 48.5 Å². The predicted molar refractivity (Wildman–Crippen MR) is 257 cm³/mol. The van der Waals surface area contributed by atoms with E-state index in [1.54, 1.807) is 0 Å². The van der Waals surface area contributed by atoms with Crippen molar-refractivity contribution in [1.82, 2.24) is 33.6 Å². The van der Waals surface area contributed by atoms with Crippen molar-refractivity contribution in [3.05, 3.63) is 212 Å². The first-order chi connectivity index (χ1) is 31.2. The number of hydrogen-bond donors (Lipinski definition) is 0. The number of para-hydroxylation sites is 5. The van der Waals surface area contributed by atoms with E-state index in [9.17, 15) is 0 Å².